The Labute approximate surface area is 118 Å². The number of nitrogens with zero attached hydrogens (tertiary/aromatic N) is 1. The first-order chi connectivity index (χ1) is 8.86. The largest absolute Gasteiger partial charge is 0.377 e. The molecule has 0 aromatic heterocycles. The summed E-state index contributed by atoms with van der Waals surface area (Å²) in [6.07, 6.45) is 0.0370. The molecule has 104 valence electrons. The minimum Gasteiger partial charge on any atom is -0.377 e. The van der Waals surface area contributed by atoms with Crippen LogP contribution in [0.3, 0.4) is 0 Å². The van der Waals surface area contributed by atoms with Gasteiger partial charge in [0, 0.05) is 6.54 Å². The van der Waals surface area contributed by atoms with Gasteiger partial charge in [-0.15, -0.1) is 0 Å². The van der Waals surface area contributed by atoms with Gasteiger partial charge in [-0.25, -0.2) is 13.1 Å². The van der Waals surface area contributed by atoms with E-state index in [1.165, 1.54) is 18.2 Å². The van der Waals surface area contributed by atoms with Crippen LogP contribution in [0, 0.1) is 11.3 Å². The average molecular weight is 303 g/mol. The first kappa shape index (κ1) is 15.9. The van der Waals surface area contributed by atoms with Crippen LogP contribution in [-0.4, -0.2) is 27.7 Å². The zero-order valence-electron chi connectivity index (χ0n) is 10.7. The molecule has 0 bridgehead atoms. The van der Waals surface area contributed by atoms with Gasteiger partial charge >= 0.3 is 0 Å². The molecule has 0 unspecified atom stereocenters. The molecule has 0 aliphatic rings. The van der Waals surface area contributed by atoms with Crippen molar-refractivity contribution in [2.45, 2.75) is 24.8 Å². The zero-order chi connectivity index (χ0) is 14.5. The zero-order valence-corrected chi connectivity index (χ0v) is 12.3. The normalized spacial score (nSPS) is 11.5. The third kappa shape index (κ3) is 4.80. The van der Waals surface area contributed by atoms with Crippen LogP contribution in [0.25, 0.3) is 0 Å². The molecule has 0 aliphatic heterocycles. The van der Waals surface area contributed by atoms with Crippen molar-refractivity contribution in [1.82, 2.24) is 4.72 Å². The molecule has 0 heterocycles. The van der Waals surface area contributed by atoms with Crippen molar-refractivity contribution in [3.8, 4) is 6.07 Å². The number of ether oxygens (including phenoxy) is 1. The number of sulfonamides is 1. The van der Waals surface area contributed by atoms with Crippen LogP contribution >= 0.6 is 11.6 Å². The summed E-state index contributed by atoms with van der Waals surface area (Å²) in [5, 5.41) is 8.85. The third-order valence-electron chi connectivity index (χ3n) is 2.20. The number of nitriles is 1. The lowest BCUT2D eigenvalue weighted by molar-refractivity contribution is 0.0834. The van der Waals surface area contributed by atoms with Gasteiger partial charge in [0.2, 0.25) is 10.0 Å². The second-order valence-corrected chi connectivity index (χ2v) is 6.22. The smallest absolute Gasteiger partial charge is 0.242 e. The number of rotatable bonds is 6. The Morgan fingerprint density at radius 1 is 1.47 bits per heavy atom. The van der Waals surface area contributed by atoms with E-state index in [9.17, 15) is 8.42 Å². The first-order valence-corrected chi connectivity index (χ1v) is 7.54. The minimum absolute atomic E-state index is 0.0370. The van der Waals surface area contributed by atoms with E-state index >= 15 is 0 Å². The number of hydrogen-bond donors (Lipinski definition) is 1. The molecule has 0 saturated heterocycles. The molecule has 0 spiro atoms. The van der Waals surface area contributed by atoms with Crippen molar-refractivity contribution >= 4 is 21.6 Å². The average Bonchev–Trinajstić information content (AvgIpc) is 2.35. The van der Waals surface area contributed by atoms with E-state index in [2.05, 4.69) is 4.72 Å². The Kier molecular flexibility index (Phi) is 5.76. The maximum atomic E-state index is 12.0. The molecule has 0 amide bonds. The maximum absolute atomic E-state index is 12.0. The van der Waals surface area contributed by atoms with Crippen molar-refractivity contribution in [1.29, 1.82) is 5.26 Å². The van der Waals surface area contributed by atoms with Crippen LogP contribution < -0.4 is 4.72 Å². The van der Waals surface area contributed by atoms with Crippen LogP contribution in [0.15, 0.2) is 23.1 Å². The van der Waals surface area contributed by atoms with Gasteiger partial charge in [0.1, 0.15) is 4.90 Å². The number of halogens is 1. The summed E-state index contributed by atoms with van der Waals surface area (Å²) in [6, 6.07) is 5.97. The number of benzene rings is 1. The number of hydrogen-bond acceptors (Lipinski definition) is 4. The van der Waals surface area contributed by atoms with Gasteiger partial charge < -0.3 is 4.74 Å². The lowest BCUT2D eigenvalue weighted by atomic mass is 10.2. The van der Waals surface area contributed by atoms with Gasteiger partial charge in [-0.2, -0.15) is 5.26 Å². The fourth-order valence-corrected chi connectivity index (χ4v) is 2.86. The summed E-state index contributed by atoms with van der Waals surface area (Å²) in [5.74, 6) is 0. The molecule has 7 heteroatoms. The van der Waals surface area contributed by atoms with Crippen LogP contribution in [0.2, 0.25) is 5.02 Å². The molecule has 19 heavy (non-hydrogen) atoms. The molecule has 0 saturated carbocycles. The molecule has 5 nitrogen and oxygen atoms in total. The molecule has 1 rings (SSSR count). The standard InChI is InChI=1S/C12H15ClN2O3S/c1-9(2)18-6-5-15-19(16,17)12-7-10(8-14)3-4-11(12)13/h3-4,7,9,15H,5-6H2,1-2H3. The molecule has 1 N–H and O–H groups in total. The lowest BCUT2D eigenvalue weighted by Gasteiger charge is -2.10. The van der Waals surface area contributed by atoms with E-state index in [0.29, 0.717) is 0 Å². The second-order valence-electron chi connectivity index (χ2n) is 4.07. The van der Waals surface area contributed by atoms with Gasteiger partial charge in [0.05, 0.1) is 29.4 Å². The highest BCUT2D eigenvalue weighted by Crippen LogP contribution is 2.22. The highest BCUT2D eigenvalue weighted by Gasteiger charge is 2.18. The van der Waals surface area contributed by atoms with Crippen LogP contribution in [-0.2, 0) is 14.8 Å². The van der Waals surface area contributed by atoms with E-state index in [4.69, 9.17) is 21.6 Å². The Hall–Kier alpha value is -1.13. The molecule has 1 aromatic rings. The Morgan fingerprint density at radius 3 is 2.74 bits per heavy atom. The topological polar surface area (TPSA) is 79.2 Å². The Morgan fingerprint density at radius 2 is 2.16 bits per heavy atom. The van der Waals surface area contributed by atoms with E-state index in [1.807, 2.05) is 19.9 Å². The Balaban J connectivity index is 2.80. The third-order valence-corrected chi connectivity index (χ3v) is 4.14. The summed E-state index contributed by atoms with van der Waals surface area (Å²) in [5.41, 5.74) is 0.239. The minimum atomic E-state index is -3.73. The fourth-order valence-electron chi connectivity index (χ4n) is 1.33. The van der Waals surface area contributed by atoms with E-state index in [0.717, 1.165) is 0 Å². The van der Waals surface area contributed by atoms with Crippen molar-refractivity contribution in [3.63, 3.8) is 0 Å². The fraction of sp³-hybridized carbons (Fsp3) is 0.417. The SMILES string of the molecule is CC(C)OCCNS(=O)(=O)c1cc(C#N)ccc1Cl. The van der Waals surface area contributed by atoms with Crippen molar-refractivity contribution in [2.75, 3.05) is 13.2 Å². The van der Waals surface area contributed by atoms with Gasteiger partial charge in [-0.3, -0.25) is 0 Å². The second kappa shape index (κ2) is 6.87. The van der Waals surface area contributed by atoms with E-state index in [-0.39, 0.29) is 34.7 Å². The highest BCUT2D eigenvalue weighted by atomic mass is 35.5. The van der Waals surface area contributed by atoms with Crippen LogP contribution in [0.5, 0.6) is 0 Å². The quantitative estimate of drug-likeness (QED) is 0.814. The van der Waals surface area contributed by atoms with Crippen LogP contribution in [0.4, 0.5) is 0 Å². The molecular weight excluding hydrogens is 288 g/mol. The molecule has 0 radical (unpaired) electrons. The van der Waals surface area contributed by atoms with Gasteiger partial charge in [-0.05, 0) is 32.0 Å². The van der Waals surface area contributed by atoms with Gasteiger partial charge in [0.15, 0.2) is 0 Å². The van der Waals surface area contributed by atoms with E-state index < -0.39 is 10.0 Å². The monoisotopic (exact) mass is 302 g/mol. The molecule has 0 aliphatic carbocycles. The van der Waals surface area contributed by atoms with Gasteiger partial charge in [0.25, 0.3) is 0 Å². The van der Waals surface area contributed by atoms with Crippen molar-refractivity contribution in [2.24, 2.45) is 0 Å². The molecule has 0 atom stereocenters. The number of nitrogens with one attached hydrogen (secondary N) is 1. The maximum Gasteiger partial charge on any atom is 0.242 e. The van der Waals surface area contributed by atoms with Crippen molar-refractivity contribution in [3.05, 3.63) is 28.8 Å². The van der Waals surface area contributed by atoms with Crippen molar-refractivity contribution < 1.29 is 13.2 Å². The highest BCUT2D eigenvalue weighted by molar-refractivity contribution is 7.89. The summed E-state index contributed by atoms with van der Waals surface area (Å²) >= 11 is 5.84. The molecular formula is C12H15ClN2O3S. The molecule has 0 fully saturated rings. The Bertz CT molecular complexity index is 579. The predicted molar refractivity (Wildman–Crippen MR) is 72.4 cm³/mol. The lowest BCUT2D eigenvalue weighted by Crippen LogP contribution is -2.28. The predicted octanol–water partition coefficient (Wildman–Crippen LogP) is 1.91. The molecule has 1 aromatic carbocycles. The van der Waals surface area contributed by atoms with Gasteiger partial charge in [-0.1, -0.05) is 11.6 Å². The summed E-state index contributed by atoms with van der Waals surface area (Å²) in [6.45, 7) is 4.14. The summed E-state index contributed by atoms with van der Waals surface area (Å²) in [4.78, 5) is -0.0993. The summed E-state index contributed by atoms with van der Waals surface area (Å²) in [7, 11) is -3.73. The first-order valence-electron chi connectivity index (χ1n) is 5.67. The van der Waals surface area contributed by atoms with E-state index in [1.54, 1.807) is 0 Å². The van der Waals surface area contributed by atoms with Crippen LogP contribution in [0.1, 0.15) is 19.4 Å². The summed E-state index contributed by atoms with van der Waals surface area (Å²) < 4.78 is 31.6.